The van der Waals surface area contributed by atoms with Crippen molar-refractivity contribution in [3.63, 3.8) is 0 Å². The van der Waals surface area contributed by atoms with Gasteiger partial charge in [0, 0.05) is 29.5 Å². The standard InChI is InChI=1S/C18H21NO5.C5H5N.Pd/c1-3-23-17(21)14(18(22)24-4-2)11-10-13-9-8-12-6-5-7-15(20)16(12)19-13;1-2-4-6-5-3-1;/h5-9,20-21H,3-4,10-11H2,1-2H3;1-5H;/q;;+2. The number of rotatable bonds is 7. The second kappa shape index (κ2) is 14.1. The Balaban J connectivity index is 0.000000591. The van der Waals surface area contributed by atoms with Crippen LogP contribution in [0.2, 0.25) is 0 Å². The Kier molecular flexibility index (Phi) is 11.9. The predicted molar refractivity (Wildman–Crippen MR) is 113 cm³/mol. The first kappa shape index (κ1) is 26.1. The Morgan fingerprint density at radius 3 is 2.29 bits per heavy atom. The SMILES string of the molecule is CCOC(=O)C(CCc1ccc2cccc([OH2+])c2n1)=C([O-])OCC.[Pd+2].c1ccncc1. The van der Waals surface area contributed by atoms with E-state index in [1.54, 1.807) is 38.4 Å². The van der Waals surface area contributed by atoms with Gasteiger partial charge in [0.05, 0.1) is 18.1 Å². The van der Waals surface area contributed by atoms with Crippen molar-refractivity contribution in [2.45, 2.75) is 26.7 Å². The summed E-state index contributed by atoms with van der Waals surface area (Å²) in [5, 5.41) is 20.7. The van der Waals surface area contributed by atoms with Crippen LogP contribution in [0.1, 0.15) is 26.0 Å². The van der Waals surface area contributed by atoms with Gasteiger partial charge in [-0.2, -0.15) is 0 Å². The molecule has 0 amide bonds. The van der Waals surface area contributed by atoms with Gasteiger partial charge >= 0.3 is 26.4 Å². The van der Waals surface area contributed by atoms with E-state index in [0.29, 0.717) is 23.4 Å². The fraction of sp³-hybridized carbons (Fsp3) is 0.261. The molecular formula is C23H26N2O5Pd+2. The van der Waals surface area contributed by atoms with Crippen molar-refractivity contribution in [2.24, 2.45) is 0 Å². The number of pyridine rings is 2. The quantitative estimate of drug-likeness (QED) is 0.157. The normalized spacial score (nSPS) is 10.8. The second-order valence-corrected chi connectivity index (χ2v) is 6.12. The van der Waals surface area contributed by atoms with Gasteiger partial charge in [0.25, 0.3) is 5.75 Å². The molecule has 3 rings (SSSR count). The maximum atomic E-state index is 11.9. The van der Waals surface area contributed by atoms with Crippen LogP contribution in [0.5, 0.6) is 5.75 Å². The molecular weight excluding hydrogens is 491 g/mol. The maximum absolute atomic E-state index is 11.9. The van der Waals surface area contributed by atoms with Gasteiger partial charge in [0.2, 0.25) is 0 Å². The van der Waals surface area contributed by atoms with Crippen molar-refractivity contribution in [2.75, 3.05) is 13.2 Å². The zero-order valence-corrected chi connectivity index (χ0v) is 19.0. The molecule has 0 aliphatic carbocycles. The molecule has 0 bridgehead atoms. The number of hydrogen-bond acceptors (Lipinski definition) is 6. The van der Waals surface area contributed by atoms with Crippen molar-refractivity contribution in [3.8, 4) is 5.75 Å². The summed E-state index contributed by atoms with van der Waals surface area (Å²) in [5.41, 5.74) is 1.29. The number of benzene rings is 1. The van der Waals surface area contributed by atoms with Crippen LogP contribution < -0.4 is 5.11 Å². The summed E-state index contributed by atoms with van der Waals surface area (Å²) in [6.07, 6.45) is 4.06. The van der Waals surface area contributed by atoms with E-state index < -0.39 is 11.9 Å². The molecule has 166 valence electrons. The third kappa shape index (κ3) is 8.37. The molecule has 1 aromatic carbocycles. The molecule has 0 atom stereocenters. The van der Waals surface area contributed by atoms with Crippen LogP contribution in [-0.4, -0.2) is 34.3 Å². The molecule has 0 spiro atoms. The first-order valence-electron chi connectivity index (χ1n) is 9.72. The number of para-hydroxylation sites is 1. The Hall–Kier alpha value is -2.95. The molecule has 0 aliphatic rings. The number of esters is 1. The summed E-state index contributed by atoms with van der Waals surface area (Å²) in [6, 6.07) is 14.8. The van der Waals surface area contributed by atoms with Crippen molar-refractivity contribution in [3.05, 3.63) is 78.1 Å². The fourth-order valence-corrected chi connectivity index (χ4v) is 2.62. The molecule has 0 aliphatic heterocycles. The van der Waals surface area contributed by atoms with Crippen LogP contribution in [0.3, 0.4) is 0 Å². The molecule has 3 aromatic rings. The first-order chi connectivity index (χ1) is 14.6. The third-order valence-corrected chi connectivity index (χ3v) is 4.02. The number of nitrogens with zero attached hydrogens (tertiary/aromatic N) is 2. The van der Waals surface area contributed by atoms with Gasteiger partial charge < -0.3 is 19.7 Å². The minimum atomic E-state index is -0.655. The molecule has 7 nitrogen and oxygen atoms in total. The zero-order valence-electron chi connectivity index (χ0n) is 17.4. The largest absolute Gasteiger partial charge is 2.00 e. The molecule has 0 saturated carbocycles. The Morgan fingerprint density at radius 1 is 1.00 bits per heavy atom. The number of carbonyl (C=O) groups is 1. The summed E-state index contributed by atoms with van der Waals surface area (Å²) in [5.74, 6) is -0.967. The number of hydrogen-bond donors (Lipinski definition) is 0. The molecule has 8 heteroatoms. The molecule has 2 N–H and O–H groups in total. The molecule has 2 aromatic heterocycles. The number of aryl methyl sites for hydroxylation is 1. The minimum absolute atomic E-state index is 0. The minimum Gasteiger partial charge on any atom is -0.613 e. The summed E-state index contributed by atoms with van der Waals surface area (Å²) in [6.45, 7) is 3.75. The monoisotopic (exact) mass is 516 g/mol. The van der Waals surface area contributed by atoms with E-state index in [2.05, 4.69) is 9.97 Å². The van der Waals surface area contributed by atoms with Crippen molar-refractivity contribution >= 4 is 16.9 Å². The third-order valence-electron chi connectivity index (χ3n) is 4.02. The predicted octanol–water partition coefficient (Wildman–Crippen LogP) is 2.86. The van der Waals surface area contributed by atoms with Gasteiger partial charge in [-0.25, -0.2) is 9.78 Å². The molecule has 0 fully saturated rings. The number of aromatic nitrogens is 2. The Labute approximate surface area is 195 Å². The van der Waals surface area contributed by atoms with Gasteiger partial charge in [0.1, 0.15) is 0 Å². The van der Waals surface area contributed by atoms with Crippen molar-refractivity contribution < 1.29 is 44.9 Å². The summed E-state index contributed by atoms with van der Waals surface area (Å²) >= 11 is 0. The van der Waals surface area contributed by atoms with Crippen molar-refractivity contribution in [1.82, 2.24) is 9.97 Å². The van der Waals surface area contributed by atoms with Crippen molar-refractivity contribution in [1.29, 1.82) is 0 Å². The van der Waals surface area contributed by atoms with Crippen LogP contribution in [0.4, 0.5) is 0 Å². The van der Waals surface area contributed by atoms with E-state index in [4.69, 9.17) is 14.6 Å². The Morgan fingerprint density at radius 2 is 1.71 bits per heavy atom. The fourth-order valence-electron chi connectivity index (χ4n) is 2.62. The van der Waals surface area contributed by atoms with E-state index in [9.17, 15) is 9.90 Å². The van der Waals surface area contributed by atoms with Crippen LogP contribution in [-0.2, 0) is 41.1 Å². The van der Waals surface area contributed by atoms with Crippen LogP contribution in [0, 0.1) is 0 Å². The number of fused-ring (bicyclic) bond motifs is 1. The summed E-state index contributed by atoms with van der Waals surface area (Å²) in [7, 11) is 0. The van der Waals surface area contributed by atoms with Crippen LogP contribution in [0.15, 0.2) is 72.4 Å². The Bertz CT molecular complexity index is 953. The van der Waals surface area contributed by atoms with E-state index in [0.717, 1.165) is 5.39 Å². The van der Waals surface area contributed by atoms with Gasteiger partial charge in [-0.1, -0.05) is 31.2 Å². The van der Waals surface area contributed by atoms with E-state index in [-0.39, 0.29) is 45.6 Å². The maximum Gasteiger partial charge on any atom is 2.00 e. The molecule has 0 radical (unpaired) electrons. The van der Waals surface area contributed by atoms with E-state index >= 15 is 0 Å². The average Bonchev–Trinajstić information content (AvgIpc) is 2.76. The summed E-state index contributed by atoms with van der Waals surface area (Å²) < 4.78 is 9.84. The number of carbonyl (C=O) groups excluding carboxylic acids is 1. The summed E-state index contributed by atoms with van der Waals surface area (Å²) in [4.78, 5) is 20.2. The van der Waals surface area contributed by atoms with Gasteiger partial charge in [-0.15, -0.1) is 0 Å². The smallest absolute Gasteiger partial charge is 0.613 e. The van der Waals surface area contributed by atoms with Gasteiger partial charge in [-0.05, 0) is 44.6 Å². The number of ether oxygens (including phenoxy) is 2. The zero-order chi connectivity index (χ0) is 21.8. The molecule has 2 heterocycles. The van der Waals surface area contributed by atoms with E-state index in [1.807, 2.05) is 36.4 Å². The van der Waals surface area contributed by atoms with Crippen LogP contribution in [0.25, 0.3) is 10.9 Å². The molecule has 0 saturated heterocycles. The first-order valence-corrected chi connectivity index (χ1v) is 9.72. The molecule has 0 unspecified atom stereocenters. The molecule has 31 heavy (non-hydrogen) atoms. The topological polar surface area (TPSA) is 107 Å². The van der Waals surface area contributed by atoms with E-state index in [1.165, 1.54) is 0 Å². The van der Waals surface area contributed by atoms with Gasteiger partial charge in [0.15, 0.2) is 5.52 Å². The van der Waals surface area contributed by atoms with Crippen LogP contribution >= 0.6 is 0 Å². The second-order valence-electron chi connectivity index (χ2n) is 6.12. The van der Waals surface area contributed by atoms with Gasteiger partial charge in [-0.3, -0.25) is 4.98 Å². The average molecular weight is 517 g/mol.